The Balaban J connectivity index is 1.60. The van der Waals surface area contributed by atoms with Crippen molar-refractivity contribution < 1.29 is 19.1 Å². The average molecular weight is 370 g/mol. The molecule has 0 unspecified atom stereocenters. The second-order valence-corrected chi connectivity index (χ2v) is 6.07. The number of fused-ring (bicyclic) bond motifs is 1. The van der Waals surface area contributed by atoms with Gasteiger partial charge in [0.1, 0.15) is 6.61 Å². The van der Waals surface area contributed by atoms with Crippen molar-refractivity contribution in [3.63, 3.8) is 0 Å². The molecule has 2 heterocycles. The number of carbonyl (C=O) groups is 2. The van der Waals surface area contributed by atoms with Crippen LogP contribution in [0.25, 0.3) is 11.0 Å². The van der Waals surface area contributed by atoms with E-state index in [0.29, 0.717) is 16.2 Å². The van der Waals surface area contributed by atoms with E-state index < -0.39 is 11.9 Å². The quantitative estimate of drug-likeness (QED) is 0.506. The van der Waals surface area contributed by atoms with E-state index in [1.165, 1.54) is 35.0 Å². The zero-order valence-corrected chi connectivity index (χ0v) is 14.6. The molecule has 0 spiro atoms. The minimum Gasteiger partial charge on any atom is -0.465 e. The minimum absolute atomic E-state index is 0.0892. The van der Waals surface area contributed by atoms with E-state index in [1.807, 2.05) is 0 Å². The highest BCUT2D eigenvalue weighted by Gasteiger charge is 2.06. The fourth-order valence-corrected chi connectivity index (χ4v) is 2.91. The van der Waals surface area contributed by atoms with Crippen LogP contribution in [0.3, 0.4) is 0 Å². The fraction of sp³-hybridized carbons (Fsp3) is 0.111. The van der Waals surface area contributed by atoms with Gasteiger partial charge in [0.05, 0.1) is 18.4 Å². The molecule has 0 radical (unpaired) electrons. The average Bonchev–Trinajstić information content (AvgIpc) is 3.13. The Kier molecular flexibility index (Phi) is 5.23. The topological polar surface area (TPSA) is 87.0 Å². The smallest absolute Gasteiger partial charge is 0.337 e. The molecule has 3 rings (SSSR count). The van der Waals surface area contributed by atoms with Crippen LogP contribution in [-0.2, 0) is 20.9 Å². The lowest BCUT2D eigenvalue weighted by atomic mass is 10.1. The highest BCUT2D eigenvalue weighted by molar-refractivity contribution is 7.15. The summed E-state index contributed by atoms with van der Waals surface area (Å²) in [5, 5.41) is 1.76. The number of hydrogen-bond donors (Lipinski definition) is 0. The Labute approximate surface area is 152 Å². The lowest BCUT2D eigenvalue weighted by Gasteiger charge is -2.02. The molecule has 132 valence electrons. The van der Waals surface area contributed by atoms with E-state index >= 15 is 0 Å². The van der Waals surface area contributed by atoms with E-state index in [4.69, 9.17) is 4.74 Å². The number of esters is 2. The molecule has 0 N–H and O–H groups in total. The van der Waals surface area contributed by atoms with Crippen molar-refractivity contribution in [3.8, 4) is 0 Å². The van der Waals surface area contributed by atoms with Crippen molar-refractivity contribution in [3.05, 3.63) is 75.2 Å². The molecule has 26 heavy (non-hydrogen) atoms. The molecular formula is C18H14N2O5S. The maximum Gasteiger partial charge on any atom is 0.337 e. The second-order valence-electron chi connectivity index (χ2n) is 5.20. The van der Waals surface area contributed by atoms with Crippen LogP contribution < -0.4 is 5.56 Å². The third-order valence-corrected chi connectivity index (χ3v) is 4.22. The third-order valence-electron chi connectivity index (χ3n) is 3.46. The van der Waals surface area contributed by atoms with Gasteiger partial charge in [0, 0.05) is 23.7 Å². The van der Waals surface area contributed by atoms with Crippen LogP contribution in [0.15, 0.2) is 52.8 Å². The molecule has 8 heteroatoms. The van der Waals surface area contributed by atoms with Crippen molar-refractivity contribution in [1.29, 1.82) is 0 Å². The van der Waals surface area contributed by atoms with Gasteiger partial charge >= 0.3 is 11.9 Å². The Morgan fingerprint density at radius 3 is 2.77 bits per heavy atom. The summed E-state index contributed by atoms with van der Waals surface area (Å²) in [6.45, 7) is -0.0892. The van der Waals surface area contributed by atoms with Crippen molar-refractivity contribution in [2.45, 2.75) is 6.61 Å². The van der Waals surface area contributed by atoms with Crippen LogP contribution >= 0.6 is 11.3 Å². The lowest BCUT2D eigenvalue weighted by molar-refractivity contribution is -0.139. The molecule has 7 nitrogen and oxygen atoms in total. The summed E-state index contributed by atoms with van der Waals surface area (Å²) in [5.74, 6) is -0.985. The lowest BCUT2D eigenvalue weighted by Crippen LogP contribution is -2.14. The van der Waals surface area contributed by atoms with Gasteiger partial charge in [-0.3, -0.25) is 9.20 Å². The van der Waals surface area contributed by atoms with Crippen molar-refractivity contribution in [1.82, 2.24) is 9.38 Å². The van der Waals surface area contributed by atoms with Crippen molar-refractivity contribution in [2.24, 2.45) is 0 Å². The first-order chi connectivity index (χ1) is 12.6. The largest absolute Gasteiger partial charge is 0.465 e. The first-order valence-electron chi connectivity index (χ1n) is 7.56. The van der Waals surface area contributed by atoms with Crippen LogP contribution in [0.4, 0.5) is 0 Å². The molecule has 0 saturated heterocycles. The number of aromatic nitrogens is 2. The second kappa shape index (κ2) is 7.75. The molecule has 1 aromatic carbocycles. The summed E-state index contributed by atoms with van der Waals surface area (Å²) < 4.78 is 11.1. The predicted octanol–water partition coefficient (Wildman–Crippen LogP) is 2.30. The van der Waals surface area contributed by atoms with Gasteiger partial charge in [0.2, 0.25) is 0 Å². The summed E-state index contributed by atoms with van der Waals surface area (Å²) in [6.07, 6.45) is 4.47. The standard InChI is InChI=1S/C18H14N2O5S/c1-24-17(23)13-5-2-12(3-6-13)4-7-16(22)25-11-14-10-15(21)20-8-9-26-18(20)19-14/h2-10H,11H2,1H3/b7-4+. The highest BCUT2D eigenvalue weighted by atomic mass is 32.1. The van der Waals surface area contributed by atoms with Gasteiger partial charge in [-0.2, -0.15) is 0 Å². The molecule has 0 saturated carbocycles. The summed E-state index contributed by atoms with van der Waals surface area (Å²) >= 11 is 1.33. The van der Waals surface area contributed by atoms with Crippen LogP contribution in [0.2, 0.25) is 0 Å². The SMILES string of the molecule is COC(=O)c1ccc(/C=C/C(=O)OCc2cc(=O)n3ccsc3n2)cc1. The fourth-order valence-electron chi connectivity index (χ4n) is 2.17. The number of ether oxygens (including phenoxy) is 2. The van der Waals surface area contributed by atoms with Gasteiger partial charge in [0.15, 0.2) is 4.96 Å². The van der Waals surface area contributed by atoms with E-state index in [1.54, 1.807) is 41.9 Å². The molecule has 0 atom stereocenters. The van der Waals surface area contributed by atoms with Crippen molar-refractivity contribution >= 4 is 34.3 Å². The molecule has 0 fully saturated rings. The highest BCUT2D eigenvalue weighted by Crippen LogP contribution is 2.09. The molecule has 2 aromatic heterocycles. The Morgan fingerprint density at radius 1 is 1.27 bits per heavy atom. The third kappa shape index (κ3) is 4.04. The summed E-state index contributed by atoms with van der Waals surface area (Å²) in [5.41, 5.74) is 1.32. The van der Waals surface area contributed by atoms with Gasteiger partial charge in [-0.25, -0.2) is 14.6 Å². The number of nitrogens with zero attached hydrogens (tertiary/aromatic N) is 2. The van der Waals surface area contributed by atoms with Crippen LogP contribution in [-0.4, -0.2) is 28.4 Å². The number of methoxy groups -OCH3 is 1. The van der Waals surface area contributed by atoms with Gasteiger partial charge < -0.3 is 9.47 Å². The van der Waals surface area contributed by atoms with Crippen LogP contribution in [0, 0.1) is 0 Å². The Bertz CT molecular complexity index is 1030. The zero-order valence-electron chi connectivity index (χ0n) is 13.7. The molecule has 0 aliphatic heterocycles. The number of benzene rings is 1. The predicted molar refractivity (Wildman–Crippen MR) is 96.0 cm³/mol. The summed E-state index contributed by atoms with van der Waals surface area (Å²) in [4.78, 5) is 39.8. The van der Waals surface area contributed by atoms with Crippen LogP contribution in [0.5, 0.6) is 0 Å². The number of hydrogen-bond acceptors (Lipinski definition) is 7. The van der Waals surface area contributed by atoms with Crippen LogP contribution in [0.1, 0.15) is 21.6 Å². The number of carbonyl (C=O) groups excluding carboxylic acids is 2. The molecule has 0 amide bonds. The normalized spacial score (nSPS) is 11.0. The molecule has 0 bridgehead atoms. The number of rotatable bonds is 5. The van der Waals surface area contributed by atoms with Crippen molar-refractivity contribution in [2.75, 3.05) is 7.11 Å². The maximum absolute atomic E-state index is 11.9. The first kappa shape index (κ1) is 17.6. The molecule has 0 aliphatic carbocycles. The maximum atomic E-state index is 11.9. The summed E-state index contributed by atoms with van der Waals surface area (Å²) in [7, 11) is 1.31. The monoisotopic (exact) mass is 370 g/mol. The molecular weight excluding hydrogens is 356 g/mol. The number of thiazole rings is 1. The molecule has 0 aliphatic rings. The van der Waals surface area contributed by atoms with E-state index in [2.05, 4.69) is 9.72 Å². The minimum atomic E-state index is -0.560. The van der Waals surface area contributed by atoms with E-state index in [0.717, 1.165) is 5.56 Å². The van der Waals surface area contributed by atoms with Gasteiger partial charge in [0.25, 0.3) is 5.56 Å². The Morgan fingerprint density at radius 2 is 2.04 bits per heavy atom. The van der Waals surface area contributed by atoms with Gasteiger partial charge in [-0.05, 0) is 23.8 Å². The molecule has 3 aromatic rings. The summed E-state index contributed by atoms with van der Waals surface area (Å²) in [6, 6.07) is 7.91. The Hall–Kier alpha value is -3.26. The van der Waals surface area contributed by atoms with Gasteiger partial charge in [-0.1, -0.05) is 12.1 Å². The first-order valence-corrected chi connectivity index (χ1v) is 8.44. The zero-order chi connectivity index (χ0) is 18.5. The van der Waals surface area contributed by atoms with E-state index in [9.17, 15) is 14.4 Å². The van der Waals surface area contributed by atoms with E-state index in [-0.39, 0.29) is 12.2 Å². The van der Waals surface area contributed by atoms with Gasteiger partial charge in [-0.15, -0.1) is 11.3 Å².